The number of alkyl halides is 2. The summed E-state index contributed by atoms with van der Waals surface area (Å²) < 4.78 is 29.6. The Kier molecular flexibility index (Phi) is 3.76. The number of aromatic nitrogens is 1. The molecular formula is C10H12F2N2O2. The Balaban J connectivity index is 3.09. The summed E-state index contributed by atoms with van der Waals surface area (Å²) in [6.07, 6.45) is -2.82. The first kappa shape index (κ1) is 12.4. The molecule has 0 fully saturated rings. The van der Waals surface area contributed by atoms with Gasteiger partial charge in [-0.15, -0.1) is 0 Å². The molecule has 0 aliphatic rings. The van der Waals surface area contributed by atoms with E-state index in [4.69, 9.17) is 5.73 Å². The lowest BCUT2D eigenvalue weighted by Gasteiger charge is -2.09. The fourth-order valence-corrected chi connectivity index (χ4v) is 1.27. The Bertz CT molecular complexity index is 408. The maximum absolute atomic E-state index is 12.6. The summed E-state index contributed by atoms with van der Waals surface area (Å²) in [5, 5.41) is 0. The van der Waals surface area contributed by atoms with Crippen molar-refractivity contribution in [2.75, 3.05) is 12.8 Å². The van der Waals surface area contributed by atoms with E-state index in [-0.39, 0.29) is 29.1 Å². The lowest BCUT2D eigenvalue weighted by atomic mass is 10.1. The van der Waals surface area contributed by atoms with E-state index in [1.54, 1.807) is 0 Å². The highest BCUT2D eigenvalue weighted by molar-refractivity contribution is 5.72. The average molecular weight is 230 g/mol. The molecular weight excluding hydrogens is 218 g/mol. The van der Waals surface area contributed by atoms with E-state index < -0.39 is 12.4 Å². The number of nitrogens with two attached hydrogens (primary N) is 1. The third kappa shape index (κ3) is 2.65. The first-order chi connectivity index (χ1) is 7.45. The number of carbonyl (C=O) groups excluding carboxylic acids is 1. The van der Waals surface area contributed by atoms with Crippen molar-refractivity contribution < 1.29 is 18.3 Å². The molecule has 4 nitrogen and oxygen atoms in total. The van der Waals surface area contributed by atoms with Crippen molar-refractivity contribution in [1.29, 1.82) is 0 Å². The summed E-state index contributed by atoms with van der Waals surface area (Å²) in [6.45, 7) is 1.52. The quantitative estimate of drug-likeness (QED) is 0.801. The van der Waals surface area contributed by atoms with E-state index in [0.717, 1.165) is 6.07 Å². The molecule has 2 N–H and O–H groups in total. The van der Waals surface area contributed by atoms with Gasteiger partial charge < -0.3 is 10.5 Å². The number of hydrogen-bond acceptors (Lipinski definition) is 4. The molecule has 0 radical (unpaired) electrons. The first-order valence-corrected chi connectivity index (χ1v) is 4.56. The number of carbonyl (C=O) groups is 1. The molecule has 0 aliphatic carbocycles. The maximum atomic E-state index is 12.6. The second-order valence-electron chi connectivity index (χ2n) is 3.26. The van der Waals surface area contributed by atoms with Crippen molar-refractivity contribution in [3.8, 4) is 0 Å². The number of aryl methyl sites for hydroxylation is 1. The topological polar surface area (TPSA) is 65.2 Å². The van der Waals surface area contributed by atoms with Crippen LogP contribution in [0.2, 0.25) is 0 Å². The molecule has 1 aromatic rings. The second kappa shape index (κ2) is 4.87. The summed E-state index contributed by atoms with van der Waals surface area (Å²) in [7, 11) is 1.22. The van der Waals surface area contributed by atoms with Gasteiger partial charge in [-0.2, -0.15) is 0 Å². The lowest BCUT2D eigenvalue weighted by Crippen LogP contribution is -2.09. The molecule has 0 aromatic carbocycles. The number of esters is 1. The van der Waals surface area contributed by atoms with Crippen LogP contribution in [0.5, 0.6) is 0 Å². The molecule has 6 heteroatoms. The van der Waals surface area contributed by atoms with Crippen LogP contribution in [0.25, 0.3) is 0 Å². The molecule has 0 saturated carbocycles. The van der Waals surface area contributed by atoms with E-state index in [2.05, 4.69) is 9.72 Å². The minimum absolute atomic E-state index is 0.0383. The van der Waals surface area contributed by atoms with Crippen LogP contribution < -0.4 is 5.73 Å². The molecule has 0 bridgehead atoms. The third-order valence-electron chi connectivity index (χ3n) is 2.12. The molecule has 0 unspecified atom stereocenters. The van der Waals surface area contributed by atoms with Gasteiger partial charge in [0.15, 0.2) is 0 Å². The first-order valence-electron chi connectivity index (χ1n) is 4.56. The highest BCUT2D eigenvalue weighted by Crippen LogP contribution is 2.27. The summed E-state index contributed by atoms with van der Waals surface area (Å²) >= 11 is 0. The smallest absolute Gasteiger partial charge is 0.311 e. The molecule has 0 saturated heterocycles. The number of pyridine rings is 1. The predicted molar refractivity (Wildman–Crippen MR) is 54.1 cm³/mol. The van der Waals surface area contributed by atoms with E-state index in [1.807, 2.05) is 0 Å². The molecule has 1 heterocycles. The van der Waals surface area contributed by atoms with Crippen molar-refractivity contribution in [2.24, 2.45) is 0 Å². The Hall–Kier alpha value is -1.72. The van der Waals surface area contributed by atoms with Crippen molar-refractivity contribution in [2.45, 2.75) is 19.8 Å². The monoisotopic (exact) mass is 230 g/mol. The van der Waals surface area contributed by atoms with Gasteiger partial charge in [-0.3, -0.25) is 9.78 Å². The molecule has 0 aliphatic heterocycles. The third-order valence-corrected chi connectivity index (χ3v) is 2.12. The van der Waals surface area contributed by atoms with E-state index in [9.17, 15) is 13.6 Å². The van der Waals surface area contributed by atoms with Gasteiger partial charge in [0.05, 0.1) is 30.6 Å². The fourth-order valence-electron chi connectivity index (χ4n) is 1.27. The number of methoxy groups -OCH3 is 1. The van der Waals surface area contributed by atoms with Gasteiger partial charge in [-0.25, -0.2) is 8.78 Å². The Morgan fingerprint density at radius 2 is 2.25 bits per heavy atom. The van der Waals surface area contributed by atoms with Gasteiger partial charge in [-0.1, -0.05) is 0 Å². The molecule has 16 heavy (non-hydrogen) atoms. The van der Waals surface area contributed by atoms with Crippen LogP contribution in [0.4, 0.5) is 14.5 Å². The standard InChI is InChI=1S/C10H12F2N2O2/c1-5-9(13)7(10(11)12)3-6(14-5)4-8(15)16-2/h3,10H,4,13H2,1-2H3. The number of nitrogens with zero attached hydrogens (tertiary/aromatic N) is 1. The number of hydrogen-bond donors (Lipinski definition) is 1. The van der Waals surface area contributed by atoms with Gasteiger partial charge in [0, 0.05) is 5.56 Å². The largest absolute Gasteiger partial charge is 0.469 e. The zero-order valence-electron chi connectivity index (χ0n) is 8.96. The summed E-state index contributed by atoms with van der Waals surface area (Å²) in [5.74, 6) is -0.531. The molecule has 88 valence electrons. The number of halogens is 2. The lowest BCUT2D eigenvalue weighted by molar-refractivity contribution is -0.139. The van der Waals surface area contributed by atoms with Crippen LogP contribution in [0, 0.1) is 6.92 Å². The summed E-state index contributed by atoms with van der Waals surface area (Å²) in [6, 6.07) is 1.13. The predicted octanol–water partition coefficient (Wildman–Crippen LogP) is 1.63. The van der Waals surface area contributed by atoms with E-state index in [1.165, 1.54) is 14.0 Å². The van der Waals surface area contributed by atoms with E-state index >= 15 is 0 Å². The highest BCUT2D eigenvalue weighted by Gasteiger charge is 2.16. The van der Waals surface area contributed by atoms with Gasteiger partial charge in [0.25, 0.3) is 6.43 Å². The Morgan fingerprint density at radius 3 is 2.75 bits per heavy atom. The molecule has 0 amide bonds. The van der Waals surface area contributed by atoms with Crippen molar-refractivity contribution in [3.63, 3.8) is 0 Å². The van der Waals surface area contributed by atoms with E-state index in [0.29, 0.717) is 0 Å². The van der Waals surface area contributed by atoms with Crippen molar-refractivity contribution in [3.05, 3.63) is 23.0 Å². The van der Waals surface area contributed by atoms with Crippen LogP contribution in [-0.2, 0) is 16.0 Å². The zero-order chi connectivity index (χ0) is 12.3. The van der Waals surface area contributed by atoms with Gasteiger partial charge in [0.2, 0.25) is 0 Å². The van der Waals surface area contributed by atoms with Crippen LogP contribution in [0.1, 0.15) is 23.4 Å². The normalized spacial score (nSPS) is 10.6. The molecule has 0 atom stereocenters. The van der Waals surface area contributed by atoms with Crippen molar-refractivity contribution >= 4 is 11.7 Å². The van der Waals surface area contributed by atoms with Crippen LogP contribution >= 0.6 is 0 Å². The van der Waals surface area contributed by atoms with Crippen molar-refractivity contribution in [1.82, 2.24) is 4.98 Å². The van der Waals surface area contributed by atoms with Gasteiger partial charge >= 0.3 is 5.97 Å². The van der Waals surface area contributed by atoms with Crippen LogP contribution in [-0.4, -0.2) is 18.1 Å². The fraction of sp³-hybridized carbons (Fsp3) is 0.400. The maximum Gasteiger partial charge on any atom is 0.311 e. The van der Waals surface area contributed by atoms with Crippen LogP contribution in [0.3, 0.4) is 0 Å². The second-order valence-corrected chi connectivity index (χ2v) is 3.26. The number of anilines is 1. The van der Waals surface area contributed by atoms with Gasteiger partial charge in [0.1, 0.15) is 0 Å². The number of ether oxygens (including phenoxy) is 1. The average Bonchev–Trinajstić information content (AvgIpc) is 2.22. The molecule has 1 aromatic heterocycles. The minimum atomic E-state index is -2.68. The number of nitrogen functional groups attached to an aromatic ring is 1. The minimum Gasteiger partial charge on any atom is -0.469 e. The molecule has 0 spiro atoms. The number of rotatable bonds is 3. The Morgan fingerprint density at radius 1 is 1.62 bits per heavy atom. The SMILES string of the molecule is COC(=O)Cc1cc(C(F)F)c(N)c(C)n1. The zero-order valence-corrected chi connectivity index (χ0v) is 8.96. The van der Waals surface area contributed by atoms with Gasteiger partial charge in [-0.05, 0) is 13.0 Å². The molecule has 1 rings (SSSR count). The summed E-state index contributed by atoms with van der Waals surface area (Å²) in [4.78, 5) is 14.9. The van der Waals surface area contributed by atoms with Crippen LogP contribution in [0.15, 0.2) is 6.07 Å². The highest BCUT2D eigenvalue weighted by atomic mass is 19.3. The Labute approximate surface area is 91.4 Å². The summed E-state index contributed by atoms with van der Waals surface area (Å²) in [5.41, 5.74) is 5.64.